The zero-order valence-corrected chi connectivity index (χ0v) is 19.4. The van der Waals surface area contributed by atoms with E-state index in [9.17, 15) is 19.6 Å². The number of ether oxygens (including phenoxy) is 1. The predicted octanol–water partition coefficient (Wildman–Crippen LogP) is 6.25. The Balaban J connectivity index is 1.83. The molecule has 2 N–H and O–H groups in total. The molecule has 0 saturated carbocycles. The number of nitrogens with zero attached hydrogens (tertiary/aromatic N) is 2. The van der Waals surface area contributed by atoms with Gasteiger partial charge in [0, 0.05) is 16.5 Å². The van der Waals surface area contributed by atoms with Crippen molar-refractivity contribution in [1.29, 1.82) is 5.26 Å². The number of rotatable bonds is 8. The van der Waals surface area contributed by atoms with Gasteiger partial charge in [-0.2, -0.15) is 5.26 Å². The lowest BCUT2D eigenvalue weighted by atomic mass is 9.98. The predicted molar refractivity (Wildman–Crippen MR) is 134 cm³/mol. The van der Waals surface area contributed by atoms with Gasteiger partial charge in [0.25, 0.3) is 0 Å². The number of carboxylic acids is 1. The summed E-state index contributed by atoms with van der Waals surface area (Å²) in [5.74, 6) is -0.805. The summed E-state index contributed by atoms with van der Waals surface area (Å²) in [4.78, 5) is 16.1. The first-order valence-electron chi connectivity index (χ1n) is 11.3. The number of anilines is 1. The van der Waals surface area contributed by atoms with Crippen LogP contribution in [0.3, 0.4) is 0 Å². The van der Waals surface area contributed by atoms with Crippen LogP contribution >= 0.6 is 0 Å². The number of nitriles is 1. The molecule has 6 nitrogen and oxygen atoms in total. The number of pyridine rings is 1. The Morgan fingerprint density at radius 3 is 2.54 bits per heavy atom. The van der Waals surface area contributed by atoms with Gasteiger partial charge in [-0.15, -0.1) is 0 Å². The van der Waals surface area contributed by atoms with Crippen LogP contribution in [0.1, 0.15) is 25.8 Å². The van der Waals surface area contributed by atoms with Gasteiger partial charge in [-0.3, -0.25) is 4.79 Å². The molecule has 3 aromatic carbocycles. The van der Waals surface area contributed by atoms with Crippen LogP contribution in [-0.2, 0) is 4.79 Å². The van der Waals surface area contributed by atoms with E-state index in [1.807, 2.05) is 48.5 Å². The highest BCUT2D eigenvalue weighted by molar-refractivity contribution is 5.99. The summed E-state index contributed by atoms with van der Waals surface area (Å²) in [6, 6.07) is 20.5. The largest absolute Gasteiger partial charge is 0.493 e. The van der Waals surface area contributed by atoms with Gasteiger partial charge < -0.3 is 15.2 Å². The highest BCUT2D eigenvalue weighted by Crippen LogP contribution is 2.36. The highest BCUT2D eigenvalue weighted by Gasteiger charge is 2.21. The zero-order valence-electron chi connectivity index (χ0n) is 19.4. The average Bonchev–Trinajstić information content (AvgIpc) is 2.87. The molecule has 4 rings (SSSR count). The van der Waals surface area contributed by atoms with Gasteiger partial charge >= 0.3 is 5.97 Å². The minimum atomic E-state index is -1.09. The van der Waals surface area contributed by atoms with Crippen molar-refractivity contribution < 1.29 is 19.0 Å². The maximum Gasteiger partial charge on any atom is 0.325 e. The van der Waals surface area contributed by atoms with E-state index in [-0.39, 0.29) is 11.3 Å². The van der Waals surface area contributed by atoms with Gasteiger partial charge in [0.15, 0.2) is 0 Å². The van der Waals surface area contributed by atoms with E-state index in [4.69, 9.17) is 4.74 Å². The third kappa shape index (κ3) is 4.92. The van der Waals surface area contributed by atoms with Crippen molar-refractivity contribution in [2.24, 2.45) is 0 Å². The molecule has 1 heterocycles. The lowest BCUT2D eigenvalue weighted by molar-refractivity contribution is -0.137. The molecule has 35 heavy (non-hydrogen) atoms. The van der Waals surface area contributed by atoms with Crippen LogP contribution < -0.4 is 10.1 Å². The zero-order chi connectivity index (χ0) is 24.9. The second kappa shape index (κ2) is 10.2. The number of carboxylic acid groups (broad SMARTS) is 1. The molecular weight excluding hydrogens is 445 g/mol. The number of halogens is 1. The summed E-state index contributed by atoms with van der Waals surface area (Å²) in [6.45, 7) is 4.13. The molecule has 1 atom stereocenters. The van der Waals surface area contributed by atoms with Crippen molar-refractivity contribution in [2.75, 3.05) is 11.9 Å². The quantitative estimate of drug-likeness (QED) is 0.317. The molecule has 0 amide bonds. The van der Waals surface area contributed by atoms with Gasteiger partial charge in [0.05, 0.1) is 23.5 Å². The number of aromatic nitrogens is 1. The van der Waals surface area contributed by atoms with Crippen molar-refractivity contribution >= 4 is 22.6 Å². The van der Waals surface area contributed by atoms with Gasteiger partial charge in [0.2, 0.25) is 0 Å². The third-order valence-electron chi connectivity index (χ3n) is 5.61. The normalized spacial score (nSPS) is 11.6. The van der Waals surface area contributed by atoms with E-state index in [1.54, 1.807) is 0 Å². The number of nitrogens with one attached hydrogen (secondary N) is 1. The molecular formula is C28H24FN3O3. The number of benzene rings is 3. The van der Waals surface area contributed by atoms with Crippen LogP contribution in [0, 0.1) is 17.1 Å². The van der Waals surface area contributed by atoms with Crippen LogP contribution in [0.25, 0.3) is 33.3 Å². The molecule has 176 valence electrons. The topological polar surface area (TPSA) is 95.2 Å². The lowest BCUT2D eigenvalue weighted by Gasteiger charge is -2.17. The van der Waals surface area contributed by atoms with Crippen LogP contribution in [0.4, 0.5) is 10.1 Å². The van der Waals surface area contributed by atoms with E-state index in [2.05, 4.69) is 23.3 Å². The van der Waals surface area contributed by atoms with E-state index in [0.29, 0.717) is 28.8 Å². The van der Waals surface area contributed by atoms with Crippen LogP contribution in [0.15, 0.2) is 66.7 Å². The summed E-state index contributed by atoms with van der Waals surface area (Å²) in [5, 5.41) is 22.6. The SMILES string of the molecule is CCCOc1ccccc1-c1ccc(-c2nc3ccc(F)cc3c(NC(C)C(=O)O)c2C#N)cc1. The Bertz CT molecular complexity index is 1430. The number of para-hydroxylation sites is 1. The second-order valence-corrected chi connectivity index (χ2v) is 8.11. The fourth-order valence-corrected chi connectivity index (χ4v) is 3.83. The molecule has 0 radical (unpaired) electrons. The molecule has 0 spiro atoms. The monoisotopic (exact) mass is 469 g/mol. The molecule has 0 fully saturated rings. The molecule has 0 aliphatic rings. The molecule has 0 saturated heterocycles. The highest BCUT2D eigenvalue weighted by atomic mass is 19.1. The number of carbonyl (C=O) groups is 1. The third-order valence-corrected chi connectivity index (χ3v) is 5.61. The molecule has 0 bridgehead atoms. The summed E-state index contributed by atoms with van der Waals surface area (Å²) in [6.07, 6.45) is 0.901. The van der Waals surface area contributed by atoms with E-state index in [1.165, 1.54) is 25.1 Å². The average molecular weight is 470 g/mol. The first kappa shape index (κ1) is 23.7. The minimum Gasteiger partial charge on any atom is -0.493 e. The molecule has 1 aromatic heterocycles. The van der Waals surface area contributed by atoms with Crippen LogP contribution in [0.2, 0.25) is 0 Å². The smallest absolute Gasteiger partial charge is 0.325 e. The van der Waals surface area contributed by atoms with Crippen LogP contribution in [0.5, 0.6) is 5.75 Å². The Morgan fingerprint density at radius 2 is 1.86 bits per heavy atom. The Kier molecular flexibility index (Phi) is 6.93. The molecule has 0 aliphatic heterocycles. The lowest BCUT2D eigenvalue weighted by Crippen LogP contribution is -2.26. The van der Waals surface area contributed by atoms with E-state index >= 15 is 0 Å². The molecule has 7 heteroatoms. The Hall–Kier alpha value is -4.44. The van der Waals surface area contributed by atoms with Gasteiger partial charge in [-0.1, -0.05) is 49.4 Å². The van der Waals surface area contributed by atoms with Crippen LogP contribution in [-0.4, -0.2) is 28.7 Å². The summed E-state index contributed by atoms with van der Waals surface area (Å²) >= 11 is 0. The maximum atomic E-state index is 14.0. The first-order valence-corrected chi connectivity index (χ1v) is 11.3. The maximum absolute atomic E-state index is 14.0. The first-order chi connectivity index (χ1) is 16.9. The molecule has 4 aromatic rings. The van der Waals surface area contributed by atoms with Gasteiger partial charge in [0.1, 0.15) is 29.2 Å². The fourth-order valence-electron chi connectivity index (χ4n) is 3.83. The van der Waals surface area contributed by atoms with Gasteiger partial charge in [-0.05, 0) is 43.2 Å². The Labute approximate surface area is 202 Å². The minimum absolute atomic E-state index is 0.149. The fraction of sp³-hybridized carbons (Fsp3) is 0.179. The summed E-state index contributed by atoms with van der Waals surface area (Å²) in [5.41, 5.74) is 3.79. The van der Waals surface area contributed by atoms with Crippen molar-refractivity contribution in [3.8, 4) is 34.2 Å². The van der Waals surface area contributed by atoms with E-state index < -0.39 is 17.8 Å². The van der Waals surface area contributed by atoms with Crippen molar-refractivity contribution in [1.82, 2.24) is 4.98 Å². The van der Waals surface area contributed by atoms with Crippen molar-refractivity contribution in [3.05, 3.63) is 78.1 Å². The van der Waals surface area contributed by atoms with Crippen molar-refractivity contribution in [2.45, 2.75) is 26.3 Å². The number of hydrogen-bond acceptors (Lipinski definition) is 5. The van der Waals surface area contributed by atoms with Gasteiger partial charge in [-0.25, -0.2) is 9.37 Å². The second-order valence-electron chi connectivity index (χ2n) is 8.11. The number of hydrogen-bond donors (Lipinski definition) is 2. The molecule has 0 aliphatic carbocycles. The standard InChI is InChI=1S/C28H24FN3O3/c1-3-14-35-25-7-5-4-6-21(25)18-8-10-19(11-9-18)26-23(16-30)27(31-17(2)28(33)34)22-15-20(29)12-13-24(22)32-26/h4-13,15,17H,3,14H2,1-2H3,(H,31,32)(H,33,34). The summed E-state index contributed by atoms with van der Waals surface area (Å²) < 4.78 is 19.9. The molecule has 1 unspecified atom stereocenters. The number of fused-ring (bicyclic) bond motifs is 1. The summed E-state index contributed by atoms with van der Waals surface area (Å²) in [7, 11) is 0. The van der Waals surface area contributed by atoms with E-state index in [0.717, 1.165) is 23.3 Å². The Morgan fingerprint density at radius 1 is 1.14 bits per heavy atom. The number of aliphatic carboxylic acids is 1. The van der Waals surface area contributed by atoms with Crippen molar-refractivity contribution in [3.63, 3.8) is 0 Å².